The van der Waals surface area contributed by atoms with Crippen LogP contribution in [0.3, 0.4) is 0 Å². The van der Waals surface area contributed by atoms with Crippen LogP contribution in [0, 0.1) is 0 Å². The molecule has 172 valence electrons. The number of fused-ring (bicyclic) bond motifs is 3. The molecule has 0 bridgehead atoms. The SMILES string of the molecule is O=C(NCc1cccnn1)c1oc2ccc3cn(C[C@H]4COCCO4)nc3c2c1C(F)(F)F. The standard InChI is InChI=1S/C21H18F3N5O4/c22-21(23,24)17-16-15(33-19(17)20(30)25-8-13-2-1-5-26-27-13)4-3-12-9-29(28-18(12)16)10-14-11-31-6-7-32-14/h1-5,9,14H,6-8,10-11H2,(H,25,30)/t14-/m0/s1. The summed E-state index contributed by atoms with van der Waals surface area (Å²) in [5, 5.41) is 14.4. The largest absolute Gasteiger partial charge is 0.450 e. The molecule has 1 N–H and O–H groups in total. The number of ether oxygens (including phenoxy) is 2. The van der Waals surface area contributed by atoms with Crippen LogP contribution in [-0.2, 0) is 28.7 Å². The summed E-state index contributed by atoms with van der Waals surface area (Å²) >= 11 is 0. The smallest absolute Gasteiger partial charge is 0.421 e. The number of hydrogen-bond donors (Lipinski definition) is 1. The van der Waals surface area contributed by atoms with Crippen LogP contribution >= 0.6 is 0 Å². The van der Waals surface area contributed by atoms with Crippen LogP contribution in [0.1, 0.15) is 21.8 Å². The van der Waals surface area contributed by atoms with Gasteiger partial charge in [-0.1, -0.05) is 0 Å². The number of amides is 1. The minimum absolute atomic E-state index is 0.0815. The van der Waals surface area contributed by atoms with Gasteiger partial charge in [0.1, 0.15) is 22.8 Å². The van der Waals surface area contributed by atoms with Crippen molar-refractivity contribution in [1.29, 1.82) is 0 Å². The zero-order chi connectivity index (χ0) is 23.0. The van der Waals surface area contributed by atoms with E-state index in [9.17, 15) is 18.0 Å². The Balaban J connectivity index is 1.53. The Labute approximate surface area is 184 Å². The summed E-state index contributed by atoms with van der Waals surface area (Å²) in [6.07, 6.45) is -2.02. The normalized spacial score (nSPS) is 17.0. The topological polar surface area (TPSA) is 104 Å². The van der Waals surface area contributed by atoms with Gasteiger partial charge in [-0.2, -0.15) is 28.5 Å². The molecule has 9 nitrogen and oxygen atoms in total. The first-order valence-electron chi connectivity index (χ1n) is 10.1. The van der Waals surface area contributed by atoms with Gasteiger partial charge in [0.25, 0.3) is 5.91 Å². The van der Waals surface area contributed by atoms with Gasteiger partial charge in [-0.25, -0.2) is 0 Å². The lowest BCUT2D eigenvalue weighted by Crippen LogP contribution is -2.32. The van der Waals surface area contributed by atoms with E-state index in [4.69, 9.17) is 13.9 Å². The molecular weight excluding hydrogens is 443 g/mol. The summed E-state index contributed by atoms with van der Waals surface area (Å²) < 4.78 is 60.2. The van der Waals surface area contributed by atoms with Crippen molar-refractivity contribution in [3.8, 4) is 0 Å². The Hall–Kier alpha value is -3.51. The maximum Gasteiger partial charge on any atom is 0.421 e. The maximum absolute atomic E-state index is 14.1. The second-order valence-corrected chi connectivity index (χ2v) is 7.50. The molecule has 1 atom stereocenters. The third kappa shape index (κ3) is 4.26. The molecule has 1 aromatic carbocycles. The first kappa shape index (κ1) is 21.3. The number of nitrogens with zero attached hydrogens (tertiary/aromatic N) is 4. The van der Waals surface area contributed by atoms with Crippen molar-refractivity contribution in [2.45, 2.75) is 25.4 Å². The molecular formula is C21H18F3N5O4. The van der Waals surface area contributed by atoms with E-state index in [0.717, 1.165) is 0 Å². The third-order valence-electron chi connectivity index (χ3n) is 5.20. The Morgan fingerprint density at radius 2 is 2.12 bits per heavy atom. The number of carbonyl (C=O) groups excluding carboxylic acids is 1. The average Bonchev–Trinajstić information content (AvgIpc) is 3.39. The zero-order valence-corrected chi connectivity index (χ0v) is 17.1. The molecule has 0 saturated carbocycles. The van der Waals surface area contributed by atoms with Gasteiger partial charge in [-0.05, 0) is 24.3 Å². The minimum Gasteiger partial charge on any atom is -0.450 e. The van der Waals surface area contributed by atoms with Crippen LogP contribution in [0.15, 0.2) is 41.1 Å². The van der Waals surface area contributed by atoms with E-state index in [0.29, 0.717) is 37.4 Å². The van der Waals surface area contributed by atoms with Crippen molar-refractivity contribution in [2.75, 3.05) is 19.8 Å². The molecule has 4 aromatic rings. The van der Waals surface area contributed by atoms with Crippen molar-refractivity contribution < 1.29 is 31.9 Å². The molecule has 0 radical (unpaired) electrons. The molecule has 1 aliphatic rings. The van der Waals surface area contributed by atoms with Crippen molar-refractivity contribution in [3.63, 3.8) is 0 Å². The lowest BCUT2D eigenvalue weighted by atomic mass is 10.1. The number of aromatic nitrogens is 4. The van der Waals surface area contributed by atoms with Crippen molar-refractivity contribution in [2.24, 2.45) is 0 Å². The van der Waals surface area contributed by atoms with E-state index in [1.165, 1.54) is 16.9 Å². The van der Waals surface area contributed by atoms with E-state index >= 15 is 0 Å². The molecule has 1 fully saturated rings. The quantitative estimate of drug-likeness (QED) is 0.487. The van der Waals surface area contributed by atoms with E-state index in [1.807, 2.05) is 0 Å². The van der Waals surface area contributed by atoms with Gasteiger partial charge in [-0.3, -0.25) is 9.48 Å². The predicted octanol–water partition coefficient (Wildman–Crippen LogP) is 2.94. The van der Waals surface area contributed by atoms with Gasteiger partial charge >= 0.3 is 6.18 Å². The highest BCUT2D eigenvalue weighted by molar-refractivity contribution is 6.09. The number of alkyl halides is 3. The van der Waals surface area contributed by atoms with Crippen molar-refractivity contribution in [3.05, 3.63) is 53.7 Å². The van der Waals surface area contributed by atoms with E-state index < -0.39 is 23.4 Å². The Kier molecular flexibility index (Phi) is 5.46. The number of rotatable bonds is 5. The van der Waals surface area contributed by atoms with Gasteiger partial charge < -0.3 is 19.2 Å². The number of furan rings is 1. The Morgan fingerprint density at radius 1 is 1.24 bits per heavy atom. The van der Waals surface area contributed by atoms with Crippen molar-refractivity contribution in [1.82, 2.24) is 25.3 Å². The Bertz CT molecular complexity index is 1300. The highest BCUT2D eigenvalue weighted by atomic mass is 19.4. The molecule has 3 aromatic heterocycles. The fourth-order valence-electron chi connectivity index (χ4n) is 3.77. The van der Waals surface area contributed by atoms with Crippen LogP contribution in [0.2, 0.25) is 0 Å². The number of halogens is 3. The highest BCUT2D eigenvalue weighted by Gasteiger charge is 2.42. The van der Waals surface area contributed by atoms with Crippen LogP contribution < -0.4 is 5.32 Å². The molecule has 33 heavy (non-hydrogen) atoms. The molecule has 0 spiro atoms. The maximum atomic E-state index is 14.1. The number of carbonyl (C=O) groups is 1. The summed E-state index contributed by atoms with van der Waals surface area (Å²) in [5.41, 5.74) is -0.761. The fourth-order valence-corrected chi connectivity index (χ4v) is 3.77. The first-order valence-corrected chi connectivity index (χ1v) is 10.1. The van der Waals surface area contributed by atoms with Crippen LogP contribution in [0.25, 0.3) is 21.9 Å². The molecule has 1 amide bonds. The minimum atomic E-state index is -4.84. The summed E-state index contributed by atoms with van der Waals surface area (Å²) in [6, 6.07) is 6.20. The van der Waals surface area contributed by atoms with Gasteiger partial charge in [0, 0.05) is 17.8 Å². The molecule has 0 unspecified atom stereocenters. The summed E-state index contributed by atoms with van der Waals surface area (Å²) in [4.78, 5) is 12.7. The second kappa shape index (κ2) is 8.45. The van der Waals surface area contributed by atoms with E-state index in [1.54, 1.807) is 24.4 Å². The number of benzene rings is 1. The Morgan fingerprint density at radius 3 is 2.85 bits per heavy atom. The molecule has 0 aliphatic carbocycles. The summed E-state index contributed by atoms with van der Waals surface area (Å²) in [7, 11) is 0. The second-order valence-electron chi connectivity index (χ2n) is 7.50. The molecule has 1 saturated heterocycles. The molecule has 4 heterocycles. The van der Waals surface area contributed by atoms with Crippen LogP contribution in [0.4, 0.5) is 13.2 Å². The van der Waals surface area contributed by atoms with Crippen LogP contribution in [-0.4, -0.2) is 51.8 Å². The molecule has 5 rings (SSSR count). The summed E-state index contributed by atoms with van der Waals surface area (Å²) in [6.45, 7) is 1.54. The average molecular weight is 461 g/mol. The number of hydrogen-bond acceptors (Lipinski definition) is 7. The molecule has 12 heteroatoms. The highest BCUT2D eigenvalue weighted by Crippen LogP contribution is 2.42. The van der Waals surface area contributed by atoms with E-state index in [-0.39, 0.29) is 29.1 Å². The van der Waals surface area contributed by atoms with Gasteiger partial charge in [-0.15, -0.1) is 0 Å². The third-order valence-corrected chi connectivity index (χ3v) is 5.20. The predicted molar refractivity (Wildman–Crippen MR) is 108 cm³/mol. The molecule has 1 aliphatic heterocycles. The van der Waals surface area contributed by atoms with Gasteiger partial charge in [0.15, 0.2) is 0 Å². The lowest BCUT2D eigenvalue weighted by molar-refractivity contribution is -0.137. The fraction of sp³-hybridized carbons (Fsp3) is 0.333. The van der Waals surface area contributed by atoms with Crippen molar-refractivity contribution >= 4 is 27.8 Å². The van der Waals surface area contributed by atoms with Gasteiger partial charge in [0.05, 0.1) is 44.0 Å². The lowest BCUT2D eigenvalue weighted by Gasteiger charge is -2.22. The number of nitrogens with one attached hydrogen (secondary N) is 1. The van der Waals surface area contributed by atoms with Gasteiger partial charge in [0.2, 0.25) is 5.76 Å². The zero-order valence-electron chi connectivity index (χ0n) is 17.1. The summed E-state index contributed by atoms with van der Waals surface area (Å²) in [5.74, 6) is -1.84. The van der Waals surface area contributed by atoms with E-state index in [2.05, 4.69) is 20.6 Å². The monoisotopic (exact) mass is 461 g/mol. The first-order chi connectivity index (χ1) is 15.9. The van der Waals surface area contributed by atoms with Crippen LogP contribution in [0.5, 0.6) is 0 Å².